The van der Waals surface area contributed by atoms with Crippen molar-refractivity contribution in [2.24, 2.45) is 0 Å². The second-order valence-corrected chi connectivity index (χ2v) is 5.23. The van der Waals surface area contributed by atoms with E-state index in [1.54, 1.807) is 13.0 Å². The minimum absolute atomic E-state index is 0.0278. The van der Waals surface area contributed by atoms with Crippen molar-refractivity contribution < 1.29 is 14.3 Å². The minimum Gasteiger partial charge on any atom is -0.479 e. The lowest BCUT2D eigenvalue weighted by molar-refractivity contribution is -0.128. The lowest BCUT2D eigenvalue weighted by Crippen LogP contribution is -2.50. The van der Waals surface area contributed by atoms with E-state index < -0.39 is 6.10 Å². The highest BCUT2D eigenvalue weighted by molar-refractivity contribution is 6.03. The number of carbonyl (C=O) groups excluding carboxylic acids is 2. The largest absolute Gasteiger partial charge is 0.479 e. The Balaban J connectivity index is 2.15. The number of rotatable bonds is 5. The summed E-state index contributed by atoms with van der Waals surface area (Å²) in [6.45, 7) is 5.79. The predicted molar refractivity (Wildman–Crippen MR) is 81.4 cm³/mol. The predicted octanol–water partition coefficient (Wildman–Crippen LogP) is 2.11. The van der Waals surface area contributed by atoms with Gasteiger partial charge in [0.15, 0.2) is 6.10 Å². The fourth-order valence-corrected chi connectivity index (χ4v) is 2.43. The van der Waals surface area contributed by atoms with E-state index >= 15 is 0 Å². The van der Waals surface area contributed by atoms with E-state index in [1.807, 2.05) is 32.0 Å². The molecule has 0 unspecified atom stereocenters. The number of fused-ring (bicyclic) bond motifs is 1. The van der Waals surface area contributed by atoms with Gasteiger partial charge in [-0.15, -0.1) is 0 Å². The molecule has 1 heterocycles. The summed E-state index contributed by atoms with van der Waals surface area (Å²) < 4.78 is 5.56. The summed E-state index contributed by atoms with van der Waals surface area (Å²) in [5.74, 6) is 0.314. The Hall–Kier alpha value is -2.04. The number of amides is 2. The van der Waals surface area contributed by atoms with Crippen LogP contribution in [0.2, 0.25) is 0 Å². The Morgan fingerprint density at radius 3 is 2.67 bits per heavy atom. The first-order chi connectivity index (χ1) is 10.1. The minimum atomic E-state index is -0.569. The van der Waals surface area contributed by atoms with Crippen molar-refractivity contribution in [2.75, 3.05) is 11.4 Å². The van der Waals surface area contributed by atoms with Gasteiger partial charge in [0.25, 0.3) is 5.91 Å². The summed E-state index contributed by atoms with van der Waals surface area (Å²) in [5.41, 5.74) is 0.653. The van der Waals surface area contributed by atoms with Crippen LogP contribution < -0.4 is 15.0 Å². The zero-order valence-electron chi connectivity index (χ0n) is 12.8. The fourth-order valence-electron chi connectivity index (χ4n) is 2.43. The van der Waals surface area contributed by atoms with Gasteiger partial charge in [-0.25, -0.2) is 0 Å². The highest BCUT2D eigenvalue weighted by Crippen LogP contribution is 2.33. The Labute approximate surface area is 125 Å². The number of para-hydroxylation sites is 2. The van der Waals surface area contributed by atoms with Crippen molar-refractivity contribution in [1.29, 1.82) is 0 Å². The van der Waals surface area contributed by atoms with Crippen LogP contribution in [0.3, 0.4) is 0 Å². The molecule has 21 heavy (non-hydrogen) atoms. The molecule has 1 aliphatic heterocycles. The van der Waals surface area contributed by atoms with E-state index in [0.717, 1.165) is 12.8 Å². The third-order valence-corrected chi connectivity index (χ3v) is 3.73. The summed E-state index contributed by atoms with van der Waals surface area (Å²) in [5, 5.41) is 2.96. The van der Waals surface area contributed by atoms with Gasteiger partial charge in [-0.1, -0.05) is 26.0 Å². The van der Waals surface area contributed by atoms with E-state index in [9.17, 15) is 9.59 Å². The second kappa shape index (κ2) is 6.61. The molecule has 1 aromatic rings. The van der Waals surface area contributed by atoms with Crippen LogP contribution in [0.4, 0.5) is 5.69 Å². The molecular formula is C16H22N2O3. The number of nitrogens with zero attached hydrogens (tertiary/aromatic N) is 1. The molecule has 0 aromatic heterocycles. The molecule has 0 saturated heterocycles. The standard InChI is InChI=1S/C16H22N2O3/c1-4-12(5-2)17-15(19)10-18-13-8-6-7-9-14(13)21-11(3)16(18)20/h6-9,11-12H,4-5,10H2,1-3H3,(H,17,19)/t11-/m0/s1. The van der Waals surface area contributed by atoms with Crippen LogP contribution in [-0.2, 0) is 9.59 Å². The van der Waals surface area contributed by atoms with Gasteiger partial charge in [0.2, 0.25) is 5.91 Å². The van der Waals surface area contributed by atoms with Gasteiger partial charge < -0.3 is 10.1 Å². The number of ether oxygens (including phenoxy) is 1. The van der Waals surface area contributed by atoms with Gasteiger partial charge in [0.05, 0.1) is 5.69 Å². The first kappa shape index (κ1) is 15.4. The summed E-state index contributed by atoms with van der Waals surface area (Å²) in [6.07, 6.45) is 1.19. The monoisotopic (exact) mass is 290 g/mol. The van der Waals surface area contributed by atoms with Crippen LogP contribution in [0.1, 0.15) is 33.6 Å². The normalized spacial score (nSPS) is 17.4. The van der Waals surface area contributed by atoms with Gasteiger partial charge in [-0.05, 0) is 31.9 Å². The molecule has 0 fully saturated rings. The molecule has 0 saturated carbocycles. The number of nitrogens with one attached hydrogen (secondary N) is 1. The van der Waals surface area contributed by atoms with Crippen LogP contribution in [-0.4, -0.2) is 30.5 Å². The number of hydrogen-bond acceptors (Lipinski definition) is 3. The second-order valence-electron chi connectivity index (χ2n) is 5.23. The average molecular weight is 290 g/mol. The van der Waals surface area contributed by atoms with Crippen LogP contribution in [0, 0.1) is 0 Å². The van der Waals surface area contributed by atoms with Crippen LogP contribution in [0.25, 0.3) is 0 Å². The third kappa shape index (κ3) is 3.35. The smallest absolute Gasteiger partial charge is 0.268 e. The first-order valence-corrected chi connectivity index (χ1v) is 7.43. The topological polar surface area (TPSA) is 58.6 Å². The van der Waals surface area contributed by atoms with Crippen molar-refractivity contribution in [3.05, 3.63) is 24.3 Å². The van der Waals surface area contributed by atoms with E-state index in [0.29, 0.717) is 11.4 Å². The molecular weight excluding hydrogens is 268 g/mol. The Morgan fingerprint density at radius 1 is 1.33 bits per heavy atom. The van der Waals surface area contributed by atoms with Crippen molar-refractivity contribution in [3.63, 3.8) is 0 Å². The van der Waals surface area contributed by atoms with Crippen LogP contribution >= 0.6 is 0 Å². The van der Waals surface area contributed by atoms with Gasteiger partial charge in [0.1, 0.15) is 12.3 Å². The van der Waals surface area contributed by atoms with Crippen LogP contribution in [0.15, 0.2) is 24.3 Å². The molecule has 1 aliphatic rings. The van der Waals surface area contributed by atoms with E-state index in [4.69, 9.17) is 4.74 Å². The molecule has 2 rings (SSSR count). The van der Waals surface area contributed by atoms with Crippen molar-refractivity contribution >= 4 is 17.5 Å². The number of hydrogen-bond donors (Lipinski definition) is 1. The highest BCUT2D eigenvalue weighted by Gasteiger charge is 2.32. The molecule has 1 aromatic carbocycles. The Morgan fingerprint density at radius 2 is 2.00 bits per heavy atom. The van der Waals surface area contributed by atoms with Gasteiger partial charge in [-0.2, -0.15) is 0 Å². The molecule has 2 amide bonds. The fraction of sp³-hybridized carbons (Fsp3) is 0.500. The van der Waals surface area contributed by atoms with Crippen molar-refractivity contribution in [1.82, 2.24) is 5.32 Å². The van der Waals surface area contributed by atoms with E-state index in [1.165, 1.54) is 4.90 Å². The number of carbonyl (C=O) groups is 2. The van der Waals surface area contributed by atoms with Gasteiger partial charge in [-0.3, -0.25) is 14.5 Å². The van der Waals surface area contributed by atoms with Gasteiger partial charge >= 0.3 is 0 Å². The van der Waals surface area contributed by atoms with E-state index in [2.05, 4.69) is 5.32 Å². The number of benzene rings is 1. The average Bonchev–Trinajstić information content (AvgIpc) is 2.49. The first-order valence-electron chi connectivity index (χ1n) is 7.43. The summed E-state index contributed by atoms with van der Waals surface area (Å²) >= 11 is 0. The van der Waals surface area contributed by atoms with Crippen molar-refractivity contribution in [2.45, 2.75) is 45.8 Å². The van der Waals surface area contributed by atoms with Gasteiger partial charge in [0, 0.05) is 6.04 Å². The highest BCUT2D eigenvalue weighted by atomic mass is 16.5. The quantitative estimate of drug-likeness (QED) is 0.903. The molecule has 0 radical (unpaired) electrons. The zero-order valence-corrected chi connectivity index (χ0v) is 12.8. The molecule has 5 heteroatoms. The maximum Gasteiger partial charge on any atom is 0.268 e. The maximum atomic E-state index is 12.3. The summed E-state index contributed by atoms with van der Waals surface area (Å²) in [6, 6.07) is 7.44. The number of anilines is 1. The third-order valence-electron chi connectivity index (χ3n) is 3.73. The maximum absolute atomic E-state index is 12.3. The molecule has 0 bridgehead atoms. The molecule has 114 valence electrons. The molecule has 0 aliphatic carbocycles. The SMILES string of the molecule is CCC(CC)NC(=O)CN1C(=O)[C@H](C)Oc2ccccc21. The Kier molecular flexibility index (Phi) is 4.83. The van der Waals surface area contributed by atoms with Crippen molar-refractivity contribution in [3.8, 4) is 5.75 Å². The van der Waals surface area contributed by atoms with Crippen LogP contribution in [0.5, 0.6) is 5.75 Å². The lowest BCUT2D eigenvalue weighted by Gasteiger charge is -2.32. The van der Waals surface area contributed by atoms with E-state index in [-0.39, 0.29) is 24.4 Å². The molecule has 1 atom stereocenters. The summed E-state index contributed by atoms with van der Waals surface area (Å²) in [7, 11) is 0. The molecule has 5 nitrogen and oxygen atoms in total. The Bertz CT molecular complexity index is 526. The zero-order chi connectivity index (χ0) is 15.4. The summed E-state index contributed by atoms with van der Waals surface area (Å²) in [4.78, 5) is 25.9. The molecule has 1 N–H and O–H groups in total. The lowest BCUT2D eigenvalue weighted by atomic mass is 10.1. The molecule has 0 spiro atoms.